The zero-order valence-electron chi connectivity index (χ0n) is 17.1. The number of nitrogens with one attached hydrogen (secondary N) is 1. The Morgan fingerprint density at radius 3 is 2.58 bits per heavy atom. The molecule has 7 nitrogen and oxygen atoms in total. The molecule has 0 bridgehead atoms. The summed E-state index contributed by atoms with van der Waals surface area (Å²) in [5.74, 6) is 0.274. The van der Waals surface area contributed by atoms with Crippen molar-refractivity contribution >= 4 is 11.6 Å². The van der Waals surface area contributed by atoms with E-state index in [1.807, 2.05) is 13.8 Å². The Hall–Kier alpha value is -3.94. The second kappa shape index (κ2) is 8.83. The van der Waals surface area contributed by atoms with Crippen molar-refractivity contribution in [2.45, 2.75) is 13.8 Å². The third kappa shape index (κ3) is 4.63. The Balaban J connectivity index is 1.58. The highest BCUT2D eigenvalue weighted by Crippen LogP contribution is 2.25. The topological polar surface area (TPSA) is 82.2 Å². The second-order valence-electron chi connectivity index (χ2n) is 7.29. The van der Waals surface area contributed by atoms with Crippen molar-refractivity contribution in [3.8, 4) is 23.3 Å². The molecule has 0 aliphatic carbocycles. The van der Waals surface area contributed by atoms with Crippen LogP contribution in [0.5, 0.6) is 6.01 Å². The molecule has 0 spiro atoms. The number of halogens is 1. The average molecular weight is 420 g/mol. The Morgan fingerprint density at radius 2 is 1.90 bits per heavy atom. The highest BCUT2D eigenvalue weighted by molar-refractivity contribution is 6.04. The molecule has 0 saturated carbocycles. The van der Waals surface area contributed by atoms with Crippen molar-refractivity contribution < 1.29 is 18.3 Å². The van der Waals surface area contributed by atoms with Gasteiger partial charge in [0.25, 0.3) is 5.91 Å². The van der Waals surface area contributed by atoms with Gasteiger partial charge < -0.3 is 14.5 Å². The number of hydrogen-bond acceptors (Lipinski definition) is 5. The molecule has 2 aromatic heterocycles. The van der Waals surface area contributed by atoms with E-state index in [0.29, 0.717) is 35.5 Å². The van der Waals surface area contributed by atoms with Crippen molar-refractivity contribution in [3.05, 3.63) is 78.3 Å². The maximum absolute atomic E-state index is 13.8. The first-order chi connectivity index (χ1) is 15.0. The quantitative estimate of drug-likeness (QED) is 0.457. The summed E-state index contributed by atoms with van der Waals surface area (Å²) in [5, 5.41) is 7.13. The standard InChI is InChI=1S/C23H21FN4O3/c1-15(2)14-31-23-26-21(20-8-5-13-30-20)28(27-23)17-11-9-16(10-12-17)25-22(29)18-6-3-4-7-19(18)24/h3-13,15H,14H2,1-2H3,(H,25,29). The number of furan rings is 1. The molecule has 0 unspecified atom stereocenters. The van der Waals surface area contributed by atoms with E-state index in [9.17, 15) is 9.18 Å². The summed E-state index contributed by atoms with van der Waals surface area (Å²) < 4.78 is 26.6. The Bertz CT molecular complexity index is 1170. The summed E-state index contributed by atoms with van der Waals surface area (Å²) in [6, 6.07) is 16.6. The van der Waals surface area contributed by atoms with Crippen LogP contribution in [-0.2, 0) is 0 Å². The van der Waals surface area contributed by atoms with Crippen LogP contribution in [0.2, 0.25) is 0 Å². The molecule has 2 heterocycles. The molecule has 2 aromatic carbocycles. The van der Waals surface area contributed by atoms with E-state index >= 15 is 0 Å². The number of carbonyl (C=O) groups excluding carboxylic acids is 1. The number of ether oxygens (including phenoxy) is 1. The molecule has 4 aromatic rings. The lowest BCUT2D eigenvalue weighted by Gasteiger charge is -2.08. The summed E-state index contributed by atoms with van der Waals surface area (Å²) in [5.41, 5.74) is 1.20. The summed E-state index contributed by atoms with van der Waals surface area (Å²) >= 11 is 0. The average Bonchev–Trinajstić information content (AvgIpc) is 3.43. The van der Waals surface area contributed by atoms with Crippen LogP contribution >= 0.6 is 0 Å². The van der Waals surface area contributed by atoms with Crippen molar-refractivity contribution in [1.82, 2.24) is 14.8 Å². The van der Waals surface area contributed by atoms with E-state index in [4.69, 9.17) is 9.15 Å². The highest BCUT2D eigenvalue weighted by Gasteiger charge is 2.17. The van der Waals surface area contributed by atoms with Crippen LogP contribution in [0.1, 0.15) is 24.2 Å². The van der Waals surface area contributed by atoms with Gasteiger partial charge in [-0.2, -0.15) is 4.98 Å². The third-order valence-electron chi connectivity index (χ3n) is 4.36. The molecular weight excluding hydrogens is 399 g/mol. The zero-order chi connectivity index (χ0) is 21.8. The summed E-state index contributed by atoms with van der Waals surface area (Å²) in [7, 11) is 0. The predicted molar refractivity (Wildman–Crippen MR) is 114 cm³/mol. The van der Waals surface area contributed by atoms with Crippen LogP contribution in [0.4, 0.5) is 10.1 Å². The fraction of sp³-hybridized carbons (Fsp3) is 0.174. The van der Waals surface area contributed by atoms with Gasteiger partial charge in [-0.05, 0) is 54.4 Å². The number of hydrogen-bond donors (Lipinski definition) is 1. The fourth-order valence-electron chi connectivity index (χ4n) is 2.87. The predicted octanol–water partition coefficient (Wildman–Crippen LogP) is 4.95. The molecule has 0 aliphatic rings. The lowest BCUT2D eigenvalue weighted by Crippen LogP contribution is -2.13. The number of rotatable bonds is 7. The minimum absolute atomic E-state index is 0.0186. The van der Waals surface area contributed by atoms with E-state index in [1.165, 1.54) is 18.2 Å². The van der Waals surface area contributed by atoms with Gasteiger partial charge in [-0.25, -0.2) is 9.07 Å². The minimum Gasteiger partial charge on any atom is -0.462 e. The SMILES string of the molecule is CC(C)COc1nc(-c2ccco2)n(-c2ccc(NC(=O)c3ccccc3F)cc2)n1. The van der Waals surface area contributed by atoms with Gasteiger partial charge in [-0.3, -0.25) is 4.79 Å². The molecule has 8 heteroatoms. The van der Waals surface area contributed by atoms with E-state index in [2.05, 4.69) is 15.4 Å². The summed E-state index contributed by atoms with van der Waals surface area (Å²) in [4.78, 5) is 16.8. The molecule has 0 radical (unpaired) electrons. The fourth-order valence-corrected chi connectivity index (χ4v) is 2.87. The highest BCUT2D eigenvalue weighted by atomic mass is 19.1. The smallest absolute Gasteiger partial charge is 0.336 e. The Kier molecular flexibility index (Phi) is 5.79. The van der Waals surface area contributed by atoms with Gasteiger partial charge in [-0.1, -0.05) is 26.0 Å². The van der Waals surface area contributed by atoms with Crippen molar-refractivity contribution in [2.75, 3.05) is 11.9 Å². The van der Waals surface area contributed by atoms with Crippen LogP contribution in [0.15, 0.2) is 71.3 Å². The lowest BCUT2D eigenvalue weighted by atomic mass is 10.2. The normalized spacial score (nSPS) is 11.0. The van der Waals surface area contributed by atoms with E-state index in [1.54, 1.807) is 53.4 Å². The van der Waals surface area contributed by atoms with Crippen molar-refractivity contribution in [2.24, 2.45) is 5.92 Å². The molecule has 158 valence electrons. The lowest BCUT2D eigenvalue weighted by molar-refractivity contribution is 0.102. The number of amides is 1. The molecule has 31 heavy (non-hydrogen) atoms. The second-order valence-corrected chi connectivity index (χ2v) is 7.29. The maximum Gasteiger partial charge on any atom is 0.336 e. The number of benzene rings is 2. The Labute approximate surface area is 178 Å². The third-order valence-corrected chi connectivity index (χ3v) is 4.36. The molecule has 0 aliphatic heterocycles. The number of aromatic nitrogens is 3. The first kappa shape index (κ1) is 20.3. The molecule has 1 N–H and O–H groups in total. The first-order valence-electron chi connectivity index (χ1n) is 9.81. The van der Waals surface area contributed by atoms with Crippen LogP contribution in [-0.4, -0.2) is 27.3 Å². The van der Waals surface area contributed by atoms with Gasteiger partial charge in [0.1, 0.15) is 5.82 Å². The van der Waals surface area contributed by atoms with Crippen molar-refractivity contribution in [3.63, 3.8) is 0 Å². The van der Waals surface area contributed by atoms with Crippen LogP contribution in [0.25, 0.3) is 17.3 Å². The van der Waals surface area contributed by atoms with Gasteiger partial charge in [0.05, 0.1) is 24.1 Å². The van der Waals surface area contributed by atoms with Crippen molar-refractivity contribution in [1.29, 1.82) is 0 Å². The van der Waals surface area contributed by atoms with E-state index in [-0.39, 0.29) is 11.6 Å². The van der Waals surface area contributed by atoms with Gasteiger partial charge in [-0.15, -0.1) is 5.10 Å². The molecule has 0 fully saturated rings. The number of anilines is 1. The summed E-state index contributed by atoms with van der Waals surface area (Å²) in [6.45, 7) is 4.57. The minimum atomic E-state index is -0.573. The molecule has 1 amide bonds. The number of carbonyl (C=O) groups is 1. The van der Waals surface area contributed by atoms with E-state index in [0.717, 1.165) is 0 Å². The monoisotopic (exact) mass is 420 g/mol. The molecular formula is C23H21FN4O3. The van der Waals surface area contributed by atoms with E-state index < -0.39 is 11.7 Å². The largest absolute Gasteiger partial charge is 0.462 e. The first-order valence-corrected chi connectivity index (χ1v) is 9.81. The van der Waals surface area contributed by atoms with Gasteiger partial charge in [0, 0.05) is 5.69 Å². The molecule has 0 saturated heterocycles. The van der Waals surface area contributed by atoms with Crippen LogP contribution in [0, 0.1) is 11.7 Å². The zero-order valence-corrected chi connectivity index (χ0v) is 17.1. The van der Waals surface area contributed by atoms with Gasteiger partial charge in [0.15, 0.2) is 5.76 Å². The van der Waals surface area contributed by atoms with Gasteiger partial charge >= 0.3 is 6.01 Å². The van der Waals surface area contributed by atoms with Crippen LogP contribution < -0.4 is 10.1 Å². The maximum atomic E-state index is 13.8. The number of nitrogens with zero attached hydrogens (tertiary/aromatic N) is 3. The summed E-state index contributed by atoms with van der Waals surface area (Å²) in [6.07, 6.45) is 1.56. The molecule has 4 rings (SSSR count). The van der Waals surface area contributed by atoms with Crippen LogP contribution in [0.3, 0.4) is 0 Å². The molecule has 0 atom stereocenters. The Morgan fingerprint density at radius 1 is 1.13 bits per heavy atom. The van der Waals surface area contributed by atoms with Gasteiger partial charge in [0.2, 0.25) is 5.82 Å².